The molecule has 0 fully saturated rings. The van der Waals surface area contributed by atoms with Crippen molar-refractivity contribution < 1.29 is 14.3 Å². The topological polar surface area (TPSA) is 61.5 Å². The summed E-state index contributed by atoms with van der Waals surface area (Å²) in [6.45, 7) is 3.52. The smallest absolute Gasteiger partial charge is 0.352 e. The Balaban J connectivity index is 2.01. The van der Waals surface area contributed by atoms with E-state index in [1.165, 1.54) is 0 Å². The van der Waals surface area contributed by atoms with Crippen LogP contribution in [0, 0.1) is 6.92 Å². The van der Waals surface area contributed by atoms with Crippen molar-refractivity contribution in [1.29, 1.82) is 0 Å². The maximum absolute atomic E-state index is 12.0. The van der Waals surface area contributed by atoms with Crippen molar-refractivity contribution in [2.24, 2.45) is 0 Å². The number of esters is 1. The van der Waals surface area contributed by atoms with Crippen molar-refractivity contribution >= 4 is 11.7 Å². The summed E-state index contributed by atoms with van der Waals surface area (Å²) in [6.07, 6.45) is -0.712. The molecule has 0 radical (unpaired) electrons. The van der Waals surface area contributed by atoms with Crippen LogP contribution in [0.15, 0.2) is 48.5 Å². The van der Waals surface area contributed by atoms with Gasteiger partial charge in [0.05, 0.1) is 0 Å². The van der Waals surface area contributed by atoms with Gasteiger partial charge in [-0.3, -0.25) is 0 Å². The summed E-state index contributed by atoms with van der Waals surface area (Å²) in [5.74, 6) is 0.640. The third-order valence-corrected chi connectivity index (χ3v) is 2.81. The van der Waals surface area contributed by atoms with Crippen molar-refractivity contribution in [2.75, 3.05) is 5.73 Å². The van der Waals surface area contributed by atoms with Crippen molar-refractivity contribution in [1.82, 2.24) is 0 Å². The van der Waals surface area contributed by atoms with Crippen LogP contribution in [-0.4, -0.2) is 12.1 Å². The lowest BCUT2D eigenvalue weighted by molar-refractivity contribution is -0.141. The van der Waals surface area contributed by atoms with Crippen molar-refractivity contribution in [2.45, 2.75) is 20.0 Å². The predicted octanol–water partition coefficient (Wildman–Crippen LogP) is 2.95. The van der Waals surface area contributed by atoms with Crippen LogP contribution in [0.2, 0.25) is 0 Å². The monoisotopic (exact) mass is 271 g/mol. The highest BCUT2D eigenvalue weighted by atomic mass is 16.6. The SMILES string of the molecule is Cc1ccccc1OC(=O)C(C)Oc1cccc(N)c1. The number of para-hydroxylation sites is 1. The van der Waals surface area contributed by atoms with Gasteiger partial charge in [-0.15, -0.1) is 0 Å². The van der Waals surface area contributed by atoms with Gasteiger partial charge in [0, 0.05) is 11.8 Å². The van der Waals surface area contributed by atoms with Gasteiger partial charge in [-0.1, -0.05) is 24.3 Å². The molecule has 0 aliphatic carbocycles. The first-order valence-corrected chi connectivity index (χ1v) is 6.36. The Bertz CT molecular complexity index is 610. The van der Waals surface area contributed by atoms with Gasteiger partial charge in [0.2, 0.25) is 0 Å². The molecule has 0 aliphatic rings. The van der Waals surface area contributed by atoms with Crippen molar-refractivity contribution in [3.05, 3.63) is 54.1 Å². The molecule has 4 nitrogen and oxygen atoms in total. The number of rotatable bonds is 4. The standard InChI is InChI=1S/C16H17NO3/c1-11-6-3-4-9-15(11)20-16(18)12(2)19-14-8-5-7-13(17)10-14/h3-10,12H,17H2,1-2H3. The zero-order chi connectivity index (χ0) is 14.5. The molecule has 0 saturated heterocycles. The second-order valence-corrected chi connectivity index (χ2v) is 4.52. The Morgan fingerprint density at radius 1 is 1.15 bits per heavy atom. The Morgan fingerprint density at radius 3 is 2.60 bits per heavy atom. The van der Waals surface area contributed by atoms with E-state index in [4.69, 9.17) is 15.2 Å². The molecule has 4 heteroatoms. The molecule has 2 aromatic rings. The summed E-state index contributed by atoms with van der Waals surface area (Å²) < 4.78 is 10.8. The quantitative estimate of drug-likeness (QED) is 0.527. The summed E-state index contributed by atoms with van der Waals surface area (Å²) >= 11 is 0. The summed E-state index contributed by atoms with van der Waals surface area (Å²) in [4.78, 5) is 12.0. The highest BCUT2D eigenvalue weighted by molar-refractivity contribution is 5.77. The van der Waals surface area contributed by atoms with Crippen LogP contribution < -0.4 is 15.2 Å². The Hall–Kier alpha value is -2.49. The first-order valence-electron chi connectivity index (χ1n) is 6.36. The van der Waals surface area contributed by atoms with E-state index >= 15 is 0 Å². The van der Waals surface area contributed by atoms with E-state index < -0.39 is 12.1 Å². The third kappa shape index (κ3) is 3.51. The molecule has 1 unspecified atom stereocenters. The Morgan fingerprint density at radius 2 is 1.90 bits per heavy atom. The average Bonchev–Trinajstić information content (AvgIpc) is 2.41. The molecule has 2 aromatic carbocycles. The fourth-order valence-electron chi connectivity index (χ4n) is 1.70. The van der Waals surface area contributed by atoms with Gasteiger partial charge in [0.15, 0.2) is 6.10 Å². The van der Waals surface area contributed by atoms with E-state index in [1.807, 2.05) is 25.1 Å². The lowest BCUT2D eigenvalue weighted by Crippen LogP contribution is -2.28. The number of aryl methyl sites for hydroxylation is 1. The number of carbonyl (C=O) groups excluding carboxylic acids is 1. The number of carbonyl (C=O) groups is 1. The van der Waals surface area contributed by atoms with E-state index in [-0.39, 0.29) is 0 Å². The number of hydrogen-bond acceptors (Lipinski definition) is 4. The Kier molecular flexibility index (Phi) is 4.25. The molecule has 2 rings (SSSR count). The van der Waals surface area contributed by atoms with E-state index in [1.54, 1.807) is 37.3 Å². The van der Waals surface area contributed by atoms with Crippen LogP contribution in [0.25, 0.3) is 0 Å². The largest absolute Gasteiger partial charge is 0.479 e. The molecule has 1 atom stereocenters. The van der Waals surface area contributed by atoms with Crippen LogP contribution in [0.4, 0.5) is 5.69 Å². The minimum absolute atomic E-state index is 0.443. The van der Waals surface area contributed by atoms with Gasteiger partial charge in [-0.05, 0) is 37.6 Å². The zero-order valence-corrected chi connectivity index (χ0v) is 11.5. The number of nitrogen functional groups attached to an aromatic ring is 1. The summed E-state index contributed by atoms with van der Waals surface area (Å²) in [6, 6.07) is 14.3. The number of hydrogen-bond donors (Lipinski definition) is 1. The number of anilines is 1. The van der Waals surface area contributed by atoms with Crippen molar-refractivity contribution in [3.8, 4) is 11.5 Å². The van der Waals surface area contributed by atoms with Crippen molar-refractivity contribution in [3.63, 3.8) is 0 Å². The number of ether oxygens (including phenoxy) is 2. The first kappa shape index (κ1) is 13.9. The molecule has 20 heavy (non-hydrogen) atoms. The normalized spacial score (nSPS) is 11.7. The van der Waals surface area contributed by atoms with Gasteiger partial charge < -0.3 is 15.2 Å². The minimum Gasteiger partial charge on any atom is -0.479 e. The second kappa shape index (κ2) is 6.10. The minimum atomic E-state index is -0.712. The molecule has 0 amide bonds. The molecule has 0 heterocycles. The van der Waals surface area contributed by atoms with Crippen LogP contribution in [0.5, 0.6) is 11.5 Å². The lowest BCUT2D eigenvalue weighted by Gasteiger charge is -2.14. The molecule has 0 aromatic heterocycles. The zero-order valence-electron chi connectivity index (χ0n) is 11.5. The highest BCUT2D eigenvalue weighted by Crippen LogP contribution is 2.19. The fourth-order valence-corrected chi connectivity index (χ4v) is 1.70. The van der Waals surface area contributed by atoms with E-state index in [0.29, 0.717) is 17.2 Å². The maximum Gasteiger partial charge on any atom is 0.352 e. The number of benzene rings is 2. The average molecular weight is 271 g/mol. The summed E-state index contributed by atoms with van der Waals surface area (Å²) in [7, 11) is 0. The van der Waals surface area contributed by atoms with E-state index in [2.05, 4.69) is 0 Å². The highest BCUT2D eigenvalue weighted by Gasteiger charge is 2.18. The van der Waals surface area contributed by atoms with Gasteiger partial charge in [0.1, 0.15) is 11.5 Å². The van der Waals surface area contributed by atoms with Gasteiger partial charge in [0.25, 0.3) is 0 Å². The maximum atomic E-state index is 12.0. The number of nitrogens with two attached hydrogens (primary N) is 1. The second-order valence-electron chi connectivity index (χ2n) is 4.52. The van der Waals surface area contributed by atoms with Crippen LogP contribution in [0.1, 0.15) is 12.5 Å². The fraction of sp³-hybridized carbons (Fsp3) is 0.188. The molecule has 0 aliphatic heterocycles. The molecule has 0 spiro atoms. The van der Waals surface area contributed by atoms with Crippen LogP contribution >= 0.6 is 0 Å². The molecule has 0 saturated carbocycles. The first-order chi connectivity index (χ1) is 9.56. The molecule has 104 valence electrons. The van der Waals surface area contributed by atoms with E-state index in [9.17, 15) is 4.79 Å². The lowest BCUT2D eigenvalue weighted by atomic mass is 10.2. The Labute approximate surface area is 118 Å². The van der Waals surface area contributed by atoms with Gasteiger partial charge in [-0.25, -0.2) is 4.79 Å². The van der Waals surface area contributed by atoms with Gasteiger partial charge in [-0.2, -0.15) is 0 Å². The molecular weight excluding hydrogens is 254 g/mol. The molecular formula is C16H17NO3. The third-order valence-electron chi connectivity index (χ3n) is 2.81. The predicted molar refractivity (Wildman–Crippen MR) is 77.8 cm³/mol. The van der Waals surface area contributed by atoms with Crippen LogP contribution in [-0.2, 0) is 4.79 Å². The molecule has 0 bridgehead atoms. The van der Waals surface area contributed by atoms with E-state index in [0.717, 1.165) is 5.56 Å². The summed E-state index contributed by atoms with van der Waals surface area (Å²) in [5.41, 5.74) is 7.14. The molecule has 2 N–H and O–H groups in total. The van der Waals surface area contributed by atoms with Gasteiger partial charge >= 0.3 is 5.97 Å². The summed E-state index contributed by atoms with van der Waals surface area (Å²) in [5, 5.41) is 0. The van der Waals surface area contributed by atoms with Crippen LogP contribution in [0.3, 0.4) is 0 Å².